The van der Waals surface area contributed by atoms with Crippen molar-refractivity contribution in [3.8, 4) is 5.75 Å². The molecule has 0 saturated carbocycles. The number of carbonyl (C=O) groups excluding carboxylic acids is 1. The van der Waals surface area contributed by atoms with Gasteiger partial charge in [0.15, 0.2) is 0 Å². The van der Waals surface area contributed by atoms with Gasteiger partial charge >= 0.3 is 0 Å². The normalized spacial score (nSPS) is 15.0. The Balaban J connectivity index is 1.91. The molecule has 1 aliphatic rings. The zero-order valence-corrected chi connectivity index (χ0v) is 20.0. The minimum absolute atomic E-state index is 0.0285. The van der Waals surface area contributed by atoms with Crippen molar-refractivity contribution in [2.45, 2.75) is 64.3 Å². The summed E-state index contributed by atoms with van der Waals surface area (Å²) in [7, 11) is -2.08. The minimum Gasteiger partial charge on any atom is -0.496 e. The van der Waals surface area contributed by atoms with Crippen LogP contribution in [0.2, 0.25) is 0 Å². The highest BCUT2D eigenvalue weighted by molar-refractivity contribution is 7.89. The molecule has 168 valence electrons. The third-order valence-corrected chi connectivity index (χ3v) is 7.44. The van der Waals surface area contributed by atoms with E-state index in [1.54, 1.807) is 30.2 Å². The van der Waals surface area contributed by atoms with Crippen LogP contribution < -0.4 is 14.4 Å². The maximum Gasteiger partial charge on any atom is 0.241 e. The Hall–Kier alpha value is -2.38. The Morgan fingerprint density at radius 3 is 2.45 bits per heavy atom. The molecule has 0 unspecified atom stereocenters. The number of hydrogen-bond acceptors (Lipinski definition) is 4. The van der Waals surface area contributed by atoms with E-state index in [2.05, 4.69) is 18.6 Å². The van der Waals surface area contributed by atoms with Gasteiger partial charge in [-0.05, 0) is 85.2 Å². The number of benzene rings is 2. The lowest BCUT2D eigenvalue weighted by molar-refractivity contribution is -0.116. The van der Waals surface area contributed by atoms with Crippen molar-refractivity contribution in [3.63, 3.8) is 0 Å². The number of rotatable bonds is 6. The second kappa shape index (κ2) is 9.01. The van der Waals surface area contributed by atoms with Gasteiger partial charge in [0.25, 0.3) is 0 Å². The van der Waals surface area contributed by atoms with E-state index in [0.717, 1.165) is 46.5 Å². The summed E-state index contributed by atoms with van der Waals surface area (Å²) in [6.45, 7) is 10.2. The number of amides is 1. The first-order valence-corrected chi connectivity index (χ1v) is 12.1. The summed E-state index contributed by atoms with van der Waals surface area (Å²) >= 11 is 0. The first-order valence-electron chi connectivity index (χ1n) is 10.7. The van der Waals surface area contributed by atoms with Crippen LogP contribution in [0.4, 0.5) is 5.69 Å². The maximum atomic E-state index is 13.2. The Morgan fingerprint density at radius 1 is 1.13 bits per heavy atom. The van der Waals surface area contributed by atoms with Crippen molar-refractivity contribution in [2.24, 2.45) is 0 Å². The van der Waals surface area contributed by atoms with Gasteiger partial charge in [-0.15, -0.1) is 0 Å². The van der Waals surface area contributed by atoms with Gasteiger partial charge < -0.3 is 9.64 Å². The second-order valence-corrected chi connectivity index (χ2v) is 10.2. The molecule has 0 radical (unpaired) electrons. The Labute approximate surface area is 185 Å². The average Bonchev–Trinajstić information content (AvgIpc) is 2.71. The molecule has 2 aromatic carbocycles. The molecular formula is C24H32N2O4S. The molecule has 6 nitrogen and oxygen atoms in total. The fraction of sp³-hybridized carbons (Fsp3) is 0.458. The number of nitrogens with one attached hydrogen (secondary N) is 1. The van der Waals surface area contributed by atoms with Crippen molar-refractivity contribution in [1.29, 1.82) is 0 Å². The number of nitrogens with zero attached hydrogens (tertiary/aromatic N) is 1. The number of anilines is 1. The highest BCUT2D eigenvalue weighted by Gasteiger charge is 2.25. The van der Waals surface area contributed by atoms with Crippen LogP contribution in [0.15, 0.2) is 35.2 Å². The van der Waals surface area contributed by atoms with E-state index < -0.39 is 16.1 Å². The molecule has 3 rings (SSSR count). The van der Waals surface area contributed by atoms with Gasteiger partial charge in [-0.1, -0.05) is 13.8 Å². The average molecular weight is 445 g/mol. The fourth-order valence-corrected chi connectivity index (χ4v) is 5.52. The van der Waals surface area contributed by atoms with E-state index in [0.29, 0.717) is 6.54 Å². The number of ether oxygens (including phenoxy) is 1. The second-order valence-electron chi connectivity index (χ2n) is 8.51. The summed E-state index contributed by atoms with van der Waals surface area (Å²) in [5.74, 6) is 1.04. The third kappa shape index (κ3) is 4.77. The summed E-state index contributed by atoms with van der Waals surface area (Å²) in [5.41, 5.74) is 4.64. The third-order valence-electron chi connectivity index (χ3n) is 5.90. The van der Waals surface area contributed by atoms with Crippen LogP contribution in [0.25, 0.3) is 0 Å². The Kier molecular flexibility index (Phi) is 6.76. The molecule has 1 atom stereocenters. The number of hydrogen-bond donors (Lipinski definition) is 1. The predicted octanol–water partition coefficient (Wildman–Crippen LogP) is 4.47. The van der Waals surface area contributed by atoms with Crippen molar-refractivity contribution >= 4 is 21.6 Å². The molecule has 0 spiro atoms. The topological polar surface area (TPSA) is 75.7 Å². The number of aryl methyl sites for hydroxylation is 2. The van der Waals surface area contributed by atoms with Crippen LogP contribution in [0.1, 0.15) is 68.3 Å². The summed E-state index contributed by atoms with van der Waals surface area (Å²) in [5, 5.41) is 0. The van der Waals surface area contributed by atoms with Crippen LogP contribution >= 0.6 is 0 Å². The monoisotopic (exact) mass is 444 g/mol. The van der Waals surface area contributed by atoms with Crippen molar-refractivity contribution in [2.75, 3.05) is 18.6 Å². The highest BCUT2D eigenvalue weighted by Crippen LogP contribution is 2.33. The van der Waals surface area contributed by atoms with Gasteiger partial charge in [-0.3, -0.25) is 4.79 Å². The standard InChI is InChI=1S/C24H32N2O4S/c1-15(2)21-14-22(16(3)12-24(21)30-6)17(4)25-31(28,29)20-9-10-23-19(13-20)8-7-11-26(23)18(5)27/h9-10,12-15,17,25H,7-8,11H2,1-6H3/t17-/m0/s1. The number of methoxy groups -OCH3 is 1. The van der Waals surface area contributed by atoms with Crippen LogP contribution in [0, 0.1) is 6.92 Å². The molecule has 0 bridgehead atoms. The quantitative estimate of drug-likeness (QED) is 0.713. The number of sulfonamides is 1. The van der Waals surface area contributed by atoms with Crippen molar-refractivity contribution in [1.82, 2.24) is 4.72 Å². The van der Waals surface area contributed by atoms with Crippen LogP contribution in [0.5, 0.6) is 5.75 Å². The van der Waals surface area contributed by atoms with Crippen LogP contribution in [-0.4, -0.2) is 28.0 Å². The molecule has 1 aliphatic heterocycles. The molecule has 1 heterocycles. The molecule has 0 aromatic heterocycles. The van der Waals surface area contributed by atoms with Crippen LogP contribution in [0.3, 0.4) is 0 Å². The van der Waals surface area contributed by atoms with Gasteiger partial charge in [0, 0.05) is 25.2 Å². The molecule has 0 saturated heterocycles. The SMILES string of the molecule is COc1cc(C)c([C@H](C)NS(=O)(=O)c2ccc3c(c2)CCCN3C(C)=O)cc1C(C)C. The van der Waals surface area contributed by atoms with Crippen molar-refractivity contribution < 1.29 is 17.9 Å². The van der Waals surface area contributed by atoms with Gasteiger partial charge in [0.05, 0.1) is 12.0 Å². The summed E-state index contributed by atoms with van der Waals surface area (Å²) in [6, 6.07) is 8.60. The zero-order chi connectivity index (χ0) is 22.9. The van der Waals surface area contributed by atoms with Gasteiger partial charge in [0.2, 0.25) is 15.9 Å². The molecule has 7 heteroatoms. The van der Waals surface area contributed by atoms with E-state index in [9.17, 15) is 13.2 Å². The Bertz CT molecular complexity index is 1090. The first kappa shape index (κ1) is 23.3. The van der Waals surface area contributed by atoms with Crippen molar-refractivity contribution in [3.05, 3.63) is 52.6 Å². The largest absolute Gasteiger partial charge is 0.496 e. The zero-order valence-electron chi connectivity index (χ0n) is 19.2. The van der Waals surface area contributed by atoms with E-state index in [1.807, 2.05) is 26.0 Å². The smallest absolute Gasteiger partial charge is 0.241 e. The molecule has 1 N–H and O–H groups in total. The van der Waals surface area contributed by atoms with E-state index in [4.69, 9.17) is 4.74 Å². The Morgan fingerprint density at radius 2 is 1.84 bits per heavy atom. The summed E-state index contributed by atoms with van der Waals surface area (Å²) in [6.07, 6.45) is 1.58. The summed E-state index contributed by atoms with van der Waals surface area (Å²) < 4.78 is 34.6. The minimum atomic E-state index is -3.73. The number of carbonyl (C=O) groups is 1. The van der Waals surface area contributed by atoms with Gasteiger partial charge in [-0.25, -0.2) is 13.1 Å². The molecule has 31 heavy (non-hydrogen) atoms. The lowest BCUT2D eigenvalue weighted by atomic mass is 9.94. The predicted molar refractivity (Wildman–Crippen MR) is 123 cm³/mol. The first-order chi connectivity index (χ1) is 14.5. The lowest BCUT2D eigenvalue weighted by Crippen LogP contribution is -2.34. The van der Waals surface area contributed by atoms with Gasteiger partial charge in [-0.2, -0.15) is 0 Å². The lowest BCUT2D eigenvalue weighted by Gasteiger charge is -2.29. The fourth-order valence-electron chi connectivity index (χ4n) is 4.24. The molecule has 1 amide bonds. The van der Waals surface area contributed by atoms with E-state index in [-0.39, 0.29) is 16.7 Å². The summed E-state index contributed by atoms with van der Waals surface area (Å²) in [4.78, 5) is 13.8. The van der Waals surface area contributed by atoms with Crippen LogP contribution in [-0.2, 0) is 21.2 Å². The number of fused-ring (bicyclic) bond motifs is 1. The molecule has 0 aliphatic carbocycles. The van der Waals surface area contributed by atoms with E-state index >= 15 is 0 Å². The van der Waals surface area contributed by atoms with E-state index in [1.165, 1.54) is 6.92 Å². The molecule has 0 fully saturated rings. The maximum absolute atomic E-state index is 13.2. The van der Waals surface area contributed by atoms with Gasteiger partial charge in [0.1, 0.15) is 5.75 Å². The molecular weight excluding hydrogens is 412 g/mol. The molecule has 2 aromatic rings. The highest BCUT2D eigenvalue weighted by atomic mass is 32.2.